The van der Waals surface area contributed by atoms with Crippen molar-refractivity contribution in [2.75, 3.05) is 0 Å². The Balaban J connectivity index is 2.88. The number of benzene rings is 1. The predicted octanol–water partition coefficient (Wildman–Crippen LogP) is 4.50. The molecular formula is C8H4Cl2S2. The molecule has 4 heteroatoms. The van der Waals surface area contributed by atoms with Crippen LogP contribution in [0, 0.1) is 0 Å². The molecule has 62 valence electrons. The van der Waals surface area contributed by atoms with Crippen LogP contribution in [0.3, 0.4) is 0 Å². The van der Waals surface area contributed by atoms with Gasteiger partial charge in [0.15, 0.2) is 0 Å². The summed E-state index contributed by atoms with van der Waals surface area (Å²) in [5, 5.41) is 1.74. The molecule has 0 bridgehead atoms. The first kappa shape index (κ1) is 8.70. The fourth-order valence-corrected chi connectivity index (χ4v) is 2.75. The highest BCUT2D eigenvalue weighted by molar-refractivity contribution is 7.81. The molecule has 0 aliphatic heterocycles. The highest BCUT2D eigenvalue weighted by Crippen LogP contribution is 2.38. The quantitative estimate of drug-likeness (QED) is 0.638. The van der Waals surface area contributed by atoms with Gasteiger partial charge >= 0.3 is 0 Å². The van der Waals surface area contributed by atoms with Crippen molar-refractivity contribution >= 4 is 57.3 Å². The van der Waals surface area contributed by atoms with Gasteiger partial charge in [-0.1, -0.05) is 23.2 Å². The van der Waals surface area contributed by atoms with E-state index in [0.29, 0.717) is 5.02 Å². The van der Waals surface area contributed by atoms with E-state index in [1.165, 1.54) is 11.3 Å². The first-order valence-electron chi connectivity index (χ1n) is 3.25. The van der Waals surface area contributed by atoms with Crippen molar-refractivity contribution in [1.82, 2.24) is 0 Å². The monoisotopic (exact) mass is 234 g/mol. The first-order chi connectivity index (χ1) is 5.68. The molecule has 0 spiro atoms. The van der Waals surface area contributed by atoms with Gasteiger partial charge in [-0.25, -0.2) is 0 Å². The Morgan fingerprint density at radius 2 is 2.00 bits per heavy atom. The Hall–Kier alpha value is 0.110. The van der Waals surface area contributed by atoms with E-state index in [2.05, 4.69) is 12.6 Å². The zero-order chi connectivity index (χ0) is 8.72. The second-order valence-electron chi connectivity index (χ2n) is 2.36. The van der Waals surface area contributed by atoms with Crippen LogP contribution in [0.5, 0.6) is 0 Å². The molecule has 0 aliphatic carbocycles. The van der Waals surface area contributed by atoms with Crippen molar-refractivity contribution in [2.45, 2.75) is 4.90 Å². The van der Waals surface area contributed by atoms with E-state index in [9.17, 15) is 0 Å². The first-order valence-corrected chi connectivity index (χ1v) is 5.27. The van der Waals surface area contributed by atoms with Crippen molar-refractivity contribution in [3.63, 3.8) is 0 Å². The lowest BCUT2D eigenvalue weighted by atomic mass is 10.3. The molecule has 0 atom stereocenters. The molecule has 12 heavy (non-hydrogen) atoms. The average molecular weight is 235 g/mol. The number of rotatable bonds is 0. The van der Waals surface area contributed by atoms with Crippen LogP contribution in [0.2, 0.25) is 9.36 Å². The average Bonchev–Trinajstić information content (AvgIpc) is 2.31. The second kappa shape index (κ2) is 3.11. The summed E-state index contributed by atoms with van der Waals surface area (Å²) in [4.78, 5) is 0.819. The van der Waals surface area contributed by atoms with Crippen LogP contribution in [0.4, 0.5) is 0 Å². The Labute approximate surface area is 89.5 Å². The third-order valence-corrected chi connectivity index (χ3v) is 3.94. The summed E-state index contributed by atoms with van der Waals surface area (Å²) < 4.78 is 1.84. The van der Waals surface area contributed by atoms with Crippen LogP contribution in [0.1, 0.15) is 0 Å². The Bertz CT molecular complexity index is 434. The summed E-state index contributed by atoms with van der Waals surface area (Å²) in [6, 6.07) is 5.68. The SMILES string of the molecule is Sc1c(Cl)sc2ccc(Cl)cc12. The number of hydrogen-bond donors (Lipinski definition) is 1. The number of fused-ring (bicyclic) bond motifs is 1. The van der Waals surface area contributed by atoms with Crippen molar-refractivity contribution in [3.8, 4) is 0 Å². The fraction of sp³-hybridized carbons (Fsp3) is 0. The molecule has 0 saturated heterocycles. The Morgan fingerprint density at radius 1 is 1.25 bits per heavy atom. The number of halogens is 2. The minimum absolute atomic E-state index is 0.715. The van der Waals surface area contributed by atoms with Crippen molar-refractivity contribution in [1.29, 1.82) is 0 Å². The zero-order valence-corrected chi connectivity index (χ0v) is 9.07. The van der Waals surface area contributed by atoms with Crippen molar-refractivity contribution < 1.29 is 0 Å². The van der Waals surface area contributed by atoms with Crippen molar-refractivity contribution in [2.24, 2.45) is 0 Å². The molecular weight excluding hydrogens is 231 g/mol. The van der Waals surface area contributed by atoms with E-state index in [-0.39, 0.29) is 0 Å². The molecule has 2 aromatic rings. The van der Waals surface area contributed by atoms with Crippen LogP contribution in [0.25, 0.3) is 10.1 Å². The largest absolute Gasteiger partial charge is 0.140 e. The molecule has 0 radical (unpaired) electrons. The topological polar surface area (TPSA) is 0 Å². The maximum absolute atomic E-state index is 5.90. The van der Waals surface area contributed by atoms with Crippen molar-refractivity contribution in [3.05, 3.63) is 27.6 Å². The summed E-state index contributed by atoms with van der Waals surface area (Å²) in [6.45, 7) is 0. The molecule has 0 saturated carbocycles. The van der Waals surface area contributed by atoms with Crippen LogP contribution in [0.15, 0.2) is 23.1 Å². The summed E-state index contributed by atoms with van der Waals surface area (Å²) in [6.07, 6.45) is 0. The normalized spacial score (nSPS) is 10.9. The maximum Gasteiger partial charge on any atom is 0.107 e. The third kappa shape index (κ3) is 1.33. The summed E-state index contributed by atoms with van der Waals surface area (Å²) in [7, 11) is 0. The minimum atomic E-state index is 0.715. The van der Waals surface area contributed by atoms with Gasteiger partial charge in [-0.05, 0) is 18.2 Å². The van der Waals surface area contributed by atoms with Gasteiger partial charge in [0.25, 0.3) is 0 Å². The number of thiol groups is 1. The van der Waals surface area contributed by atoms with E-state index in [1.54, 1.807) is 0 Å². The molecule has 0 amide bonds. The predicted molar refractivity (Wildman–Crippen MR) is 59.1 cm³/mol. The maximum atomic E-state index is 5.90. The van der Waals surface area contributed by atoms with E-state index in [1.807, 2.05) is 18.2 Å². The third-order valence-electron chi connectivity index (χ3n) is 1.58. The summed E-state index contributed by atoms with van der Waals surface area (Å²) >= 11 is 17.5. The van der Waals surface area contributed by atoms with Gasteiger partial charge in [-0.3, -0.25) is 0 Å². The Morgan fingerprint density at radius 3 is 2.75 bits per heavy atom. The van der Waals surface area contributed by atoms with Gasteiger partial charge in [0, 0.05) is 20.0 Å². The van der Waals surface area contributed by atoms with E-state index >= 15 is 0 Å². The molecule has 0 unspecified atom stereocenters. The molecule has 0 nitrogen and oxygen atoms in total. The number of hydrogen-bond acceptors (Lipinski definition) is 2. The Kier molecular flexibility index (Phi) is 2.25. The van der Waals surface area contributed by atoms with E-state index in [0.717, 1.165) is 19.3 Å². The molecule has 0 fully saturated rings. The smallest absolute Gasteiger partial charge is 0.107 e. The molecule has 2 rings (SSSR count). The van der Waals surface area contributed by atoms with Crippen LogP contribution in [-0.2, 0) is 0 Å². The molecule has 0 N–H and O–H groups in total. The molecule has 1 heterocycles. The van der Waals surface area contributed by atoms with Crippen LogP contribution in [-0.4, -0.2) is 0 Å². The second-order valence-corrected chi connectivity index (χ2v) is 4.90. The lowest BCUT2D eigenvalue weighted by Crippen LogP contribution is -1.64. The highest BCUT2D eigenvalue weighted by Gasteiger charge is 2.06. The van der Waals surface area contributed by atoms with E-state index < -0.39 is 0 Å². The van der Waals surface area contributed by atoms with Crippen LogP contribution >= 0.6 is 47.2 Å². The highest BCUT2D eigenvalue weighted by atomic mass is 35.5. The lowest BCUT2D eigenvalue weighted by Gasteiger charge is -1.91. The van der Waals surface area contributed by atoms with E-state index in [4.69, 9.17) is 23.2 Å². The van der Waals surface area contributed by atoms with Gasteiger partial charge in [-0.2, -0.15) is 0 Å². The minimum Gasteiger partial charge on any atom is -0.140 e. The van der Waals surface area contributed by atoms with Gasteiger partial charge in [0.2, 0.25) is 0 Å². The molecule has 1 aromatic carbocycles. The fourth-order valence-electron chi connectivity index (χ4n) is 1.03. The van der Waals surface area contributed by atoms with Gasteiger partial charge in [-0.15, -0.1) is 24.0 Å². The summed E-state index contributed by atoms with van der Waals surface area (Å²) in [5.41, 5.74) is 0. The summed E-state index contributed by atoms with van der Waals surface area (Å²) in [5.74, 6) is 0. The molecule has 0 aliphatic rings. The number of thiophene rings is 1. The van der Waals surface area contributed by atoms with Gasteiger partial charge in [0.05, 0.1) is 0 Å². The van der Waals surface area contributed by atoms with Gasteiger partial charge in [0.1, 0.15) is 4.34 Å². The molecule has 1 aromatic heterocycles. The zero-order valence-electron chi connectivity index (χ0n) is 5.84. The van der Waals surface area contributed by atoms with Gasteiger partial charge < -0.3 is 0 Å². The standard InChI is InChI=1S/C8H4Cl2S2/c9-4-1-2-6-5(3-4)7(11)8(10)12-6/h1-3,11H. The lowest BCUT2D eigenvalue weighted by molar-refractivity contribution is 1.68. The van der Waals surface area contributed by atoms with Crippen LogP contribution < -0.4 is 0 Å².